The monoisotopic (exact) mass is 286 g/mol. The van der Waals surface area contributed by atoms with E-state index in [-0.39, 0.29) is 24.9 Å². The molecule has 0 bridgehead atoms. The van der Waals surface area contributed by atoms with Gasteiger partial charge in [-0.1, -0.05) is 6.42 Å². The van der Waals surface area contributed by atoms with Crippen LogP contribution in [0.1, 0.15) is 30.9 Å². The fraction of sp³-hybridized carbons (Fsp3) is 0.455. The van der Waals surface area contributed by atoms with E-state index >= 15 is 0 Å². The predicted octanol–water partition coefficient (Wildman–Crippen LogP) is 2.79. The number of unbranched alkanes of at least 4 members (excludes halogenated alkanes) is 1. The largest absolute Gasteiger partial charge is 0.330 e. The van der Waals surface area contributed by atoms with Gasteiger partial charge in [0.15, 0.2) is 23.3 Å². The number of benzene rings is 1. The van der Waals surface area contributed by atoms with Crippen LogP contribution in [0.25, 0.3) is 0 Å². The fourth-order valence-electron chi connectivity index (χ4n) is 1.57. The highest BCUT2D eigenvalue weighted by Crippen LogP contribution is 2.26. The molecule has 0 radical (unpaired) electrons. The Morgan fingerprint density at radius 1 is 1.00 bits per heavy atom. The normalized spacial score (nSPS) is 12.1. The quantitative estimate of drug-likeness (QED) is 0.497. The van der Waals surface area contributed by atoms with E-state index in [1.165, 1.54) is 0 Å². The zero-order chi connectivity index (χ0) is 13.0. The van der Waals surface area contributed by atoms with Crippen molar-refractivity contribution in [2.45, 2.75) is 25.3 Å². The summed E-state index contributed by atoms with van der Waals surface area (Å²) in [6, 6.07) is -0.910. The van der Waals surface area contributed by atoms with Crippen molar-refractivity contribution in [3.8, 4) is 0 Å². The molecular formula is C11H15ClF4N2. The molecule has 0 spiro atoms. The molecule has 0 amide bonds. The summed E-state index contributed by atoms with van der Waals surface area (Å²) in [6.45, 7) is 0.426. The van der Waals surface area contributed by atoms with Crippen molar-refractivity contribution in [1.82, 2.24) is 0 Å². The number of hydrogen-bond donors (Lipinski definition) is 2. The highest BCUT2D eigenvalue weighted by atomic mass is 35.5. The molecule has 0 aliphatic heterocycles. The Kier molecular flexibility index (Phi) is 7.20. The van der Waals surface area contributed by atoms with E-state index in [4.69, 9.17) is 11.5 Å². The van der Waals surface area contributed by atoms with Gasteiger partial charge in [-0.2, -0.15) is 0 Å². The maximum atomic E-state index is 13.3. The van der Waals surface area contributed by atoms with Crippen molar-refractivity contribution in [3.05, 3.63) is 34.9 Å². The lowest BCUT2D eigenvalue weighted by Crippen LogP contribution is -2.17. The van der Waals surface area contributed by atoms with E-state index < -0.39 is 34.9 Å². The molecule has 0 heterocycles. The molecule has 2 nitrogen and oxygen atoms in total. The average molecular weight is 287 g/mol. The molecule has 7 heteroatoms. The Bertz CT molecular complexity index is 375. The first-order valence-electron chi connectivity index (χ1n) is 5.27. The minimum absolute atomic E-state index is 0. The zero-order valence-electron chi connectivity index (χ0n) is 9.56. The average Bonchev–Trinajstić information content (AvgIpc) is 2.27. The molecular weight excluding hydrogens is 272 g/mol. The van der Waals surface area contributed by atoms with Gasteiger partial charge < -0.3 is 11.5 Å². The minimum atomic E-state index is -1.44. The second-order valence-corrected chi connectivity index (χ2v) is 3.77. The van der Waals surface area contributed by atoms with E-state index in [0.29, 0.717) is 19.4 Å². The van der Waals surface area contributed by atoms with Crippen molar-refractivity contribution >= 4 is 12.4 Å². The summed E-state index contributed by atoms with van der Waals surface area (Å²) in [6.07, 6.45) is 1.39. The molecule has 4 N–H and O–H groups in total. The van der Waals surface area contributed by atoms with Crippen LogP contribution in [-0.4, -0.2) is 6.54 Å². The smallest absolute Gasteiger partial charge is 0.166 e. The van der Waals surface area contributed by atoms with E-state index in [1.807, 2.05) is 0 Å². The third kappa shape index (κ3) is 3.83. The molecule has 1 aromatic carbocycles. The van der Waals surface area contributed by atoms with Gasteiger partial charge in [-0.15, -0.1) is 12.4 Å². The lowest BCUT2D eigenvalue weighted by molar-refractivity contribution is 0.419. The first-order valence-corrected chi connectivity index (χ1v) is 5.27. The highest BCUT2D eigenvalue weighted by molar-refractivity contribution is 5.85. The summed E-state index contributed by atoms with van der Waals surface area (Å²) in [5.41, 5.74) is 10.0. The van der Waals surface area contributed by atoms with Crippen molar-refractivity contribution in [2.24, 2.45) is 11.5 Å². The Labute approximate surface area is 109 Å². The highest BCUT2D eigenvalue weighted by Gasteiger charge is 2.23. The molecule has 0 saturated carbocycles. The molecule has 0 saturated heterocycles. The van der Waals surface area contributed by atoms with Gasteiger partial charge in [0.2, 0.25) is 0 Å². The third-order valence-electron chi connectivity index (χ3n) is 2.49. The molecule has 0 fully saturated rings. The lowest BCUT2D eigenvalue weighted by Gasteiger charge is -2.14. The van der Waals surface area contributed by atoms with Gasteiger partial charge in [0.05, 0.1) is 0 Å². The summed E-state index contributed by atoms with van der Waals surface area (Å²) in [5.74, 6) is -5.73. The molecule has 104 valence electrons. The van der Waals surface area contributed by atoms with E-state index in [9.17, 15) is 17.6 Å². The van der Waals surface area contributed by atoms with Crippen LogP contribution in [-0.2, 0) is 0 Å². The lowest BCUT2D eigenvalue weighted by atomic mass is 10.00. The van der Waals surface area contributed by atoms with E-state index in [0.717, 1.165) is 0 Å². The van der Waals surface area contributed by atoms with Crippen LogP contribution in [0, 0.1) is 23.3 Å². The van der Waals surface area contributed by atoms with Crippen molar-refractivity contribution in [3.63, 3.8) is 0 Å². The van der Waals surface area contributed by atoms with E-state index in [1.54, 1.807) is 0 Å². The molecule has 0 aromatic heterocycles. The van der Waals surface area contributed by atoms with Gasteiger partial charge in [0.25, 0.3) is 0 Å². The second-order valence-electron chi connectivity index (χ2n) is 3.77. The molecule has 1 rings (SSSR count). The van der Waals surface area contributed by atoms with Crippen molar-refractivity contribution in [1.29, 1.82) is 0 Å². The molecule has 18 heavy (non-hydrogen) atoms. The molecule has 0 aliphatic rings. The number of nitrogens with two attached hydrogens (primary N) is 2. The first-order chi connectivity index (χ1) is 7.99. The Morgan fingerprint density at radius 3 is 1.94 bits per heavy atom. The second kappa shape index (κ2) is 7.56. The van der Waals surface area contributed by atoms with Crippen LogP contribution in [0.3, 0.4) is 0 Å². The Morgan fingerprint density at radius 2 is 1.50 bits per heavy atom. The summed E-state index contributed by atoms with van der Waals surface area (Å²) in [5, 5.41) is 0. The standard InChI is InChI=1S/C11H14F4N2.ClH/c12-6-5-7(13)11(15)9(10(6)14)8(17)3-1-2-4-16;/h5,8H,1-4,16-17H2;1H/t8-;/m0./s1. The van der Waals surface area contributed by atoms with Gasteiger partial charge in [-0.05, 0) is 19.4 Å². The zero-order valence-corrected chi connectivity index (χ0v) is 10.4. The van der Waals surface area contributed by atoms with Crippen molar-refractivity contribution in [2.75, 3.05) is 6.54 Å². The Hall–Kier alpha value is -0.850. The fourth-order valence-corrected chi connectivity index (χ4v) is 1.57. The van der Waals surface area contributed by atoms with Crippen LogP contribution < -0.4 is 11.5 Å². The van der Waals surface area contributed by atoms with Crippen LogP contribution in [0.4, 0.5) is 17.6 Å². The summed E-state index contributed by atoms with van der Waals surface area (Å²) < 4.78 is 52.5. The van der Waals surface area contributed by atoms with E-state index in [2.05, 4.69) is 0 Å². The molecule has 1 atom stereocenters. The van der Waals surface area contributed by atoms with Crippen molar-refractivity contribution < 1.29 is 17.6 Å². The number of halogens is 5. The van der Waals surface area contributed by atoms with Crippen LogP contribution in [0.15, 0.2) is 6.07 Å². The predicted molar refractivity (Wildman–Crippen MR) is 63.4 cm³/mol. The van der Waals surface area contributed by atoms with Gasteiger partial charge >= 0.3 is 0 Å². The molecule has 1 aromatic rings. The SMILES string of the molecule is Cl.NCCCC[C@H](N)c1c(F)c(F)cc(F)c1F. The third-order valence-corrected chi connectivity index (χ3v) is 2.49. The van der Waals surface area contributed by atoms with Crippen LogP contribution in [0.2, 0.25) is 0 Å². The number of hydrogen-bond acceptors (Lipinski definition) is 2. The summed E-state index contributed by atoms with van der Waals surface area (Å²) in [7, 11) is 0. The topological polar surface area (TPSA) is 52.0 Å². The van der Waals surface area contributed by atoms with Crippen LogP contribution >= 0.6 is 12.4 Å². The maximum absolute atomic E-state index is 13.3. The summed E-state index contributed by atoms with van der Waals surface area (Å²) in [4.78, 5) is 0. The molecule has 0 unspecified atom stereocenters. The van der Waals surface area contributed by atoms with Gasteiger partial charge in [-0.3, -0.25) is 0 Å². The van der Waals surface area contributed by atoms with Gasteiger partial charge in [0.1, 0.15) is 0 Å². The Balaban J connectivity index is 0.00000289. The summed E-state index contributed by atoms with van der Waals surface area (Å²) >= 11 is 0. The van der Waals surface area contributed by atoms with Gasteiger partial charge in [-0.25, -0.2) is 17.6 Å². The minimum Gasteiger partial charge on any atom is -0.330 e. The maximum Gasteiger partial charge on any atom is 0.166 e. The van der Waals surface area contributed by atoms with Gasteiger partial charge in [0, 0.05) is 17.7 Å². The molecule has 0 aliphatic carbocycles. The van der Waals surface area contributed by atoms with Crippen LogP contribution in [0.5, 0.6) is 0 Å². The first kappa shape index (κ1) is 17.2. The number of rotatable bonds is 5.